The number of ether oxygens (including phenoxy) is 1. The molecule has 1 aliphatic heterocycles. The molecule has 1 saturated heterocycles. The van der Waals surface area contributed by atoms with Crippen molar-refractivity contribution in [3.63, 3.8) is 0 Å². The summed E-state index contributed by atoms with van der Waals surface area (Å²) >= 11 is 0. The predicted octanol–water partition coefficient (Wildman–Crippen LogP) is 2.80. The highest BCUT2D eigenvalue weighted by molar-refractivity contribution is 5.27. The first-order valence-corrected chi connectivity index (χ1v) is 7.95. The minimum atomic E-state index is 0.441. The van der Waals surface area contributed by atoms with Crippen LogP contribution in [0.25, 0.3) is 0 Å². The van der Waals surface area contributed by atoms with E-state index in [-0.39, 0.29) is 0 Å². The summed E-state index contributed by atoms with van der Waals surface area (Å²) in [5.41, 5.74) is 2.86. The van der Waals surface area contributed by atoms with Gasteiger partial charge in [0.25, 0.3) is 0 Å². The zero-order chi connectivity index (χ0) is 14.2. The van der Waals surface area contributed by atoms with E-state index in [9.17, 15) is 0 Å². The summed E-state index contributed by atoms with van der Waals surface area (Å²) in [5, 5.41) is 3.43. The van der Waals surface area contributed by atoms with Gasteiger partial charge < -0.3 is 10.1 Å². The molecule has 0 bridgehead atoms. The van der Waals surface area contributed by atoms with Crippen molar-refractivity contribution in [1.82, 2.24) is 10.2 Å². The topological polar surface area (TPSA) is 24.5 Å². The van der Waals surface area contributed by atoms with Gasteiger partial charge in [0, 0.05) is 26.2 Å². The number of rotatable bonds is 8. The monoisotopic (exact) mass is 276 g/mol. The van der Waals surface area contributed by atoms with Crippen molar-refractivity contribution >= 4 is 0 Å². The lowest BCUT2D eigenvalue weighted by Gasteiger charge is -2.25. The first-order valence-electron chi connectivity index (χ1n) is 7.95. The van der Waals surface area contributed by atoms with Crippen LogP contribution in [0.4, 0.5) is 0 Å². The molecule has 1 unspecified atom stereocenters. The summed E-state index contributed by atoms with van der Waals surface area (Å²) in [7, 11) is 0. The SMILES string of the molecule is CCNCc1ccccc1CN(CC)CC1CCCO1. The van der Waals surface area contributed by atoms with Crippen LogP contribution in [0.5, 0.6) is 0 Å². The second-order valence-corrected chi connectivity index (χ2v) is 5.51. The maximum absolute atomic E-state index is 5.76. The van der Waals surface area contributed by atoms with Crippen molar-refractivity contribution in [3.05, 3.63) is 35.4 Å². The lowest BCUT2D eigenvalue weighted by Crippen LogP contribution is -2.32. The van der Waals surface area contributed by atoms with Crippen molar-refractivity contribution in [1.29, 1.82) is 0 Å². The third kappa shape index (κ3) is 4.58. The van der Waals surface area contributed by atoms with Gasteiger partial charge in [0.15, 0.2) is 0 Å². The molecule has 2 rings (SSSR count). The van der Waals surface area contributed by atoms with Crippen molar-refractivity contribution in [2.24, 2.45) is 0 Å². The molecule has 3 nitrogen and oxygen atoms in total. The third-order valence-corrected chi connectivity index (χ3v) is 4.01. The number of likely N-dealkylation sites (N-methyl/N-ethyl adjacent to an activating group) is 1. The third-order valence-electron chi connectivity index (χ3n) is 4.01. The van der Waals surface area contributed by atoms with Crippen LogP contribution in [0.1, 0.15) is 37.8 Å². The quantitative estimate of drug-likeness (QED) is 0.790. The van der Waals surface area contributed by atoms with Crippen LogP contribution in [-0.4, -0.2) is 37.2 Å². The first-order chi connectivity index (χ1) is 9.83. The molecule has 3 heteroatoms. The molecule has 0 saturated carbocycles. The Morgan fingerprint density at radius 1 is 1.25 bits per heavy atom. The summed E-state index contributed by atoms with van der Waals surface area (Å²) in [6, 6.07) is 8.76. The van der Waals surface area contributed by atoms with Gasteiger partial charge in [-0.3, -0.25) is 4.90 Å². The summed E-state index contributed by atoms with van der Waals surface area (Å²) in [6.07, 6.45) is 2.88. The highest BCUT2D eigenvalue weighted by Gasteiger charge is 2.18. The predicted molar refractivity (Wildman–Crippen MR) is 83.7 cm³/mol. The second kappa shape index (κ2) is 8.40. The molecule has 0 aromatic heterocycles. The Hall–Kier alpha value is -0.900. The zero-order valence-corrected chi connectivity index (χ0v) is 12.9. The van der Waals surface area contributed by atoms with Crippen molar-refractivity contribution in [2.75, 3.05) is 26.2 Å². The maximum Gasteiger partial charge on any atom is 0.0702 e. The Bertz CT molecular complexity index is 388. The molecule has 1 heterocycles. The van der Waals surface area contributed by atoms with Gasteiger partial charge in [0.05, 0.1) is 6.10 Å². The fourth-order valence-electron chi connectivity index (χ4n) is 2.77. The lowest BCUT2D eigenvalue weighted by molar-refractivity contribution is 0.0724. The Morgan fingerprint density at radius 3 is 2.70 bits per heavy atom. The second-order valence-electron chi connectivity index (χ2n) is 5.51. The summed E-state index contributed by atoms with van der Waals surface area (Å²) in [5.74, 6) is 0. The highest BCUT2D eigenvalue weighted by Crippen LogP contribution is 2.16. The highest BCUT2D eigenvalue weighted by atomic mass is 16.5. The van der Waals surface area contributed by atoms with Gasteiger partial charge in [0.1, 0.15) is 0 Å². The van der Waals surface area contributed by atoms with Crippen molar-refractivity contribution < 1.29 is 4.74 Å². The molecule has 1 atom stereocenters. The fourth-order valence-corrected chi connectivity index (χ4v) is 2.77. The molecule has 20 heavy (non-hydrogen) atoms. The Morgan fingerprint density at radius 2 is 2.05 bits per heavy atom. The molecule has 112 valence electrons. The van der Waals surface area contributed by atoms with Gasteiger partial charge in [-0.25, -0.2) is 0 Å². The minimum absolute atomic E-state index is 0.441. The van der Waals surface area contributed by atoms with Crippen molar-refractivity contribution in [3.8, 4) is 0 Å². The fraction of sp³-hybridized carbons (Fsp3) is 0.647. The molecular formula is C17H28N2O. The van der Waals surface area contributed by atoms with E-state index < -0.39 is 0 Å². The van der Waals surface area contributed by atoms with Gasteiger partial charge in [-0.05, 0) is 37.1 Å². The van der Waals surface area contributed by atoms with E-state index in [0.717, 1.165) is 39.3 Å². The summed E-state index contributed by atoms with van der Waals surface area (Å²) in [4.78, 5) is 2.50. The largest absolute Gasteiger partial charge is 0.377 e. The maximum atomic E-state index is 5.76. The average Bonchev–Trinajstić information content (AvgIpc) is 2.98. The van der Waals surface area contributed by atoms with Crippen LogP contribution in [0.3, 0.4) is 0 Å². The van der Waals surface area contributed by atoms with Gasteiger partial charge in [-0.15, -0.1) is 0 Å². The number of hydrogen-bond donors (Lipinski definition) is 1. The van der Waals surface area contributed by atoms with Crippen LogP contribution in [0, 0.1) is 0 Å². The molecule has 0 amide bonds. The molecule has 1 aromatic carbocycles. The normalized spacial score (nSPS) is 18.9. The van der Waals surface area contributed by atoms with Crippen LogP contribution < -0.4 is 5.32 Å². The first kappa shape index (κ1) is 15.5. The number of nitrogens with zero attached hydrogens (tertiary/aromatic N) is 1. The van der Waals surface area contributed by atoms with E-state index in [1.54, 1.807) is 0 Å². The van der Waals surface area contributed by atoms with Gasteiger partial charge in [0.2, 0.25) is 0 Å². The van der Waals surface area contributed by atoms with E-state index in [1.807, 2.05) is 0 Å². The lowest BCUT2D eigenvalue weighted by atomic mass is 10.1. The number of benzene rings is 1. The van der Waals surface area contributed by atoms with Crippen LogP contribution >= 0.6 is 0 Å². The van der Waals surface area contributed by atoms with E-state index in [1.165, 1.54) is 24.0 Å². The van der Waals surface area contributed by atoms with E-state index in [4.69, 9.17) is 4.74 Å². The van der Waals surface area contributed by atoms with Crippen molar-refractivity contribution in [2.45, 2.75) is 45.9 Å². The van der Waals surface area contributed by atoms with Crippen LogP contribution in [0.15, 0.2) is 24.3 Å². The molecule has 0 aliphatic carbocycles. The Labute approximate surface area is 123 Å². The Kier molecular flexibility index (Phi) is 6.51. The molecule has 0 radical (unpaired) electrons. The minimum Gasteiger partial charge on any atom is -0.377 e. The molecule has 1 aromatic rings. The number of hydrogen-bond acceptors (Lipinski definition) is 3. The van der Waals surface area contributed by atoms with Gasteiger partial charge in [-0.2, -0.15) is 0 Å². The van der Waals surface area contributed by atoms with E-state index >= 15 is 0 Å². The molecule has 1 fully saturated rings. The molecular weight excluding hydrogens is 248 g/mol. The number of nitrogens with one attached hydrogen (secondary N) is 1. The van der Waals surface area contributed by atoms with Crippen LogP contribution in [-0.2, 0) is 17.8 Å². The van der Waals surface area contributed by atoms with Gasteiger partial charge in [-0.1, -0.05) is 38.1 Å². The molecule has 1 aliphatic rings. The van der Waals surface area contributed by atoms with E-state index in [2.05, 4.69) is 48.3 Å². The Balaban J connectivity index is 1.95. The smallest absolute Gasteiger partial charge is 0.0702 e. The summed E-state index contributed by atoms with van der Waals surface area (Å²) in [6.45, 7) is 10.5. The van der Waals surface area contributed by atoms with Crippen LogP contribution in [0.2, 0.25) is 0 Å². The summed E-state index contributed by atoms with van der Waals surface area (Å²) < 4.78 is 5.76. The van der Waals surface area contributed by atoms with Gasteiger partial charge >= 0.3 is 0 Å². The molecule has 0 spiro atoms. The average molecular weight is 276 g/mol. The standard InChI is InChI=1S/C17H28N2O/c1-3-18-12-15-8-5-6-9-16(15)13-19(4-2)14-17-10-7-11-20-17/h5-6,8-9,17-18H,3-4,7,10-14H2,1-2H3. The zero-order valence-electron chi connectivity index (χ0n) is 12.9. The molecule has 1 N–H and O–H groups in total. The van der Waals surface area contributed by atoms with E-state index in [0.29, 0.717) is 6.10 Å².